The van der Waals surface area contributed by atoms with E-state index < -0.39 is 16.1 Å². The number of hydrogen-bond acceptors (Lipinski definition) is 7. The van der Waals surface area contributed by atoms with Gasteiger partial charge in [-0.25, -0.2) is 4.99 Å². The molecule has 11 heteroatoms. The number of nitrogens with one attached hydrogen (secondary N) is 2. The summed E-state index contributed by atoms with van der Waals surface area (Å²) in [5, 5.41) is 16.4. The van der Waals surface area contributed by atoms with Crippen molar-refractivity contribution >= 4 is 57.4 Å². The van der Waals surface area contributed by atoms with E-state index in [2.05, 4.69) is 15.6 Å². The molecule has 1 saturated heterocycles. The van der Waals surface area contributed by atoms with Gasteiger partial charge in [-0.2, -0.15) is 0 Å². The summed E-state index contributed by atoms with van der Waals surface area (Å²) in [5.74, 6) is -0.550. The molecule has 2 aromatic rings. The maximum atomic E-state index is 12.4. The van der Waals surface area contributed by atoms with E-state index in [-0.39, 0.29) is 29.5 Å². The van der Waals surface area contributed by atoms with Crippen LogP contribution in [-0.4, -0.2) is 34.3 Å². The number of amidine groups is 1. The summed E-state index contributed by atoms with van der Waals surface area (Å²) < 4.78 is 5.11. The molecule has 0 saturated carbocycles. The molecule has 0 bridgehead atoms. The lowest BCUT2D eigenvalue weighted by molar-refractivity contribution is -0.384. The third-order valence-corrected chi connectivity index (χ3v) is 5.21. The maximum absolute atomic E-state index is 12.4. The van der Waals surface area contributed by atoms with E-state index >= 15 is 0 Å². The standard InChI is InChI=1S/C18H15ClN4O5S/c1-28-14-7-6-12(23(26)27)8-13(14)21-16(24)9-15-17(25)22-18(29-15)20-11-4-2-10(19)3-5-11/h2-8,15H,9H2,1H3,(H,21,24)(H,20,22,25)/t15-/m1/s1. The smallest absolute Gasteiger partial charge is 0.271 e. The topological polar surface area (TPSA) is 123 Å². The molecular weight excluding hydrogens is 420 g/mol. The van der Waals surface area contributed by atoms with Gasteiger partial charge in [-0.3, -0.25) is 19.7 Å². The van der Waals surface area contributed by atoms with Crippen LogP contribution in [0.4, 0.5) is 17.1 Å². The lowest BCUT2D eigenvalue weighted by atomic mass is 10.2. The second-order valence-electron chi connectivity index (χ2n) is 5.88. The number of rotatable bonds is 6. The van der Waals surface area contributed by atoms with E-state index in [1.165, 1.54) is 25.3 Å². The third kappa shape index (κ3) is 5.24. The fourth-order valence-corrected chi connectivity index (χ4v) is 3.62. The van der Waals surface area contributed by atoms with Gasteiger partial charge in [-0.1, -0.05) is 23.4 Å². The van der Waals surface area contributed by atoms with Crippen LogP contribution in [0, 0.1) is 10.1 Å². The van der Waals surface area contributed by atoms with Gasteiger partial charge < -0.3 is 15.4 Å². The van der Waals surface area contributed by atoms with Gasteiger partial charge in [0, 0.05) is 23.6 Å². The molecule has 1 aliphatic rings. The third-order valence-electron chi connectivity index (χ3n) is 3.87. The number of nitrogens with zero attached hydrogens (tertiary/aromatic N) is 2. The summed E-state index contributed by atoms with van der Waals surface area (Å²) in [7, 11) is 1.39. The highest BCUT2D eigenvalue weighted by Gasteiger charge is 2.32. The lowest BCUT2D eigenvalue weighted by Crippen LogP contribution is -2.28. The Hall–Kier alpha value is -3.11. The number of benzene rings is 2. The number of methoxy groups -OCH3 is 1. The number of thioether (sulfide) groups is 1. The van der Waals surface area contributed by atoms with Crippen molar-refractivity contribution in [3.63, 3.8) is 0 Å². The zero-order valence-corrected chi connectivity index (χ0v) is 16.6. The molecule has 1 aliphatic heterocycles. The number of halogens is 1. The van der Waals surface area contributed by atoms with E-state index in [9.17, 15) is 19.7 Å². The van der Waals surface area contributed by atoms with Gasteiger partial charge in [0.1, 0.15) is 11.0 Å². The molecule has 9 nitrogen and oxygen atoms in total. The van der Waals surface area contributed by atoms with Gasteiger partial charge >= 0.3 is 0 Å². The predicted molar refractivity (Wildman–Crippen MR) is 111 cm³/mol. The lowest BCUT2D eigenvalue weighted by Gasteiger charge is -2.11. The average Bonchev–Trinajstić information content (AvgIpc) is 3.02. The van der Waals surface area contributed by atoms with Gasteiger partial charge in [-0.05, 0) is 30.3 Å². The number of ether oxygens (including phenoxy) is 1. The number of carbonyl (C=O) groups is 2. The average molecular weight is 435 g/mol. The van der Waals surface area contributed by atoms with Crippen molar-refractivity contribution in [2.24, 2.45) is 4.99 Å². The molecule has 0 spiro atoms. The van der Waals surface area contributed by atoms with Crippen LogP contribution in [0.25, 0.3) is 0 Å². The highest BCUT2D eigenvalue weighted by atomic mass is 35.5. The fraction of sp³-hybridized carbons (Fsp3) is 0.167. The van der Waals surface area contributed by atoms with Gasteiger partial charge in [0.2, 0.25) is 11.8 Å². The molecule has 2 aromatic carbocycles. The molecule has 1 fully saturated rings. The van der Waals surface area contributed by atoms with Crippen LogP contribution in [0.5, 0.6) is 5.75 Å². The first-order chi connectivity index (χ1) is 13.9. The number of non-ortho nitro benzene ring substituents is 1. The van der Waals surface area contributed by atoms with Gasteiger partial charge in [0.15, 0.2) is 5.17 Å². The van der Waals surface area contributed by atoms with Crippen molar-refractivity contribution in [1.29, 1.82) is 0 Å². The van der Waals surface area contributed by atoms with Crippen molar-refractivity contribution in [2.45, 2.75) is 11.7 Å². The van der Waals surface area contributed by atoms with Crippen molar-refractivity contribution < 1.29 is 19.2 Å². The molecule has 0 radical (unpaired) electrons. The number of carbonyl (C=O) groups excluding carboxylic acids is 2. The van der Waals surface area contributed by atoms with Crippen molar-refractivity contribution in [3.8, 4) is 5.75 Å². The van der Waals surface area contributed by atoms with E-state index in [4.69, 9.17) is 16.3 Å². The van der Waals surface area contributed by atoms with E-state index in [0.717, 1.165) is 11.8 Å². The number of nitro benzene ring substituents is 1. The minimum absolute atomic E-state index is 0.137. The second-order valence-corrected chi connectivity index (χ2v) is 7.51. The van der Waals surface area contributed by atoms with Crippen LogP contribution in [0.15, 0.2) is 47.5 Å². The second kappa shape index (κ2) is 8.93. The fourth-order valence-electron chi connectivity index (χ4n) is 2.50. The number of anilines is 1. The minimum atomic E-state index is -0.675. The Morgan fingerprint density at radius 3 is 2.72 bits per heavy atom. The molecule has 0 aliphatic carbocycles. The maximum Gasteiger partial charge on any atom is 0.271 e. The Labute approximate surface area is 174 Å². The predicted octanol–water partition coefficient (Wildman–Crippen LogP) is 3.50. The number of hydrogen-bond donors (Lipinski definition) is 2. The van der Waals surface area contributed by atoms with Gasteiger partial charge in [-0.15, -0.1) is 0 Å². The molecule has 1 heterocycles. The van der Waals surface area contributed by atoms with Crippen LogP contribution in [0.1, 0.15) is 6.42 Å². The number of amides is 2. The minimum Gasteiger partial charge on any atom is -0.495 e. The van der Waals surface area contributed by atoms with Crippen LogP contribution in [-0.2, 0) is 9.59 Å². The Balaban J connectivity index is 1.67. The Bertz CT molecular complexity index is 996. The first kappa shape index (κ1) is 20.6. The van der Waals surface area contributed by atoms with Crippen LogP contribution in [0.2, 0.25) is 5.02 Å². The van der Waals surface area contributed by atoms with Crippen molar-refractivity contribution in [3.05, 3.63) is 57.6 Å². The Morgan fingerprint density at radius 1 is 1.34 bits per heavy atom. The Morgan fingerprint density at radius 2 is 2.07 bits per heavy atom. The monoisotopic (exact) mass is 434 g/mol. The molecule has 1 atom stereocenters. The molecule has 0 unspecified atom stereocenters. The van der Waals surface area contributed by atoms with Crippen LogP contribution < -0.4 is 15.4 Å². The summed E-state index contributed by atoms with van der Waals surface area (Å²) in [6.07, 6.45) is -0.137. The summed E-state index contributed by atoms with van der Waals surface area (Å²) in [6.45, 7) is 0. The normalized spacial score (nSPS) is 17.1. The number of aliphatic imine (C=N–C) groups is 1. The summed E-state index contributed by atoms with van der Waals surface area (Å²) in [5.41, 5.74) is 0.584. The van der Waals surface area contributed by atoms with Gasteiger partial charge in [0.25, 0.3) is 5.69 Å². The molecule has 2 amide bonds. The van der Waals surface area contributed by atoms with E-state index in [1.807, 2.05) is 0 Å². The molecule has 2 N–H and O–H groups in total. The van der Waals surface area contributed by atoms with Crippen LogP contribution >= 0.6 is 23.4 Å². The number of nitro groups is 1. The molecule has 29 heavy (non-hydrogen) atoms. The highest BCUT2D eigenvalue weighted by molar-refractivity contribution is 8.15. The Kier molecular flexibility index (Phi) is 6.35. The largest absolute Gasteiger partial charge is 0.495 e. The van der Waals surface area contributed by atoms with Gasteiger partial charge in [0.05, 0.1) is 23.4 Å². The van der Waals surface area contributed by atoms with Crippen molar-refractivity contribution in [1.82, 2.24) is 5.32 Å². The molecule has 3 rings (SSSR count). The summed E-state index contributed by atoms with van der Waals surface area (Å²) >= 11 is 6.96. The highest BCUT2D eigenvalue weighted by Crippen LogP contribution is 2.30. The van der Waals surface area contributed by atoms with E-state index in [0.29, 0.717) is 15.9 Å². The first-order valence-electron chi connectivity index (χ1n) is 8.30. The zero-order valence-electron chi connectivity index (χ0n) is 15.0. The SMILES string of the molecule is COc1ccc([N+](=O)[O-])cc1NC(=O)C[C@H]1SC(=Nc2ccc(Cl)cc2)NC1=O. The molecular formula is C18H15ClN4O5S. The zero-order chi connectivity index (χ0) is 21.0. The quantitative estimate of drug-likeness (QED) is 0.529. The first-order valence-corrected chi connectivity index (χ1v) is 9.55. The van der Waals surface area contributed by atoms with Crippen LogP contribution in [0.3, 0.4) is 0 Å². The molecule has 150 valence electrons. The molecule has 0 aromatic heterocycles. The van der Waals surface area contributed by atoms with E-state index in [1.54, 1.807) is 24.3 Å². The summed E-state index contributed by atoms with van der Waals surface area (Å²) in [6, 6.07) is 10.6. The van der Waals surface area contributed by atoms with Crippen molar-refractivity contribution in [2.75, 3.05) is 12.4 Å². The summed E-state index contributed by atoms with van der Waals surface area (Å²) in [4.78, 5) is 39.2.